The molecule has 1 N–H and O–H groups in total. The molecular weight excluding hydrogens is 268 g/mol. The third-order valence-corrected chi connectivity index (χ3v) is 4.58. The van der Waals surface area contributed by atoms with Gasteiger partial charge in [0.15, 0.2) is 0 Å². The second-order valence-electron chi connectivity index (χ2n) is 6.40. The van der Waals surface area contributed by atoms with Crippen LogP contribution in [0.25, 0.3) is 0 Å². The van der Waals surface area contributed by atoms with Gasteiger partial charge in [0.1, 0.15) is 0 Å². The molecule has 1 aromatic rings. The SMILES string of the molecule is CC1(C)CCCN1C(=O)N1CCc2cc(C(=O)O)ccc21. The fraction of sp³-hybridized carbons (Fsp3) is 0.500. The molecule has 2 aliphatic heterocycles. The normalized spacial score (nSPS) is 19.7. The number of carbonyl (C=O) groups is 2. The number of hydrogen-bond acceptors (Lipinski definition) is 2. The summed E-state index contributed by atoms with van der Waals surface area (Å²) >= 11 is 0. The van der Waals surface area contributed by atoms with Crippen LogP contribution in [-0.4, -0.2) is 40.6 Å². The lowest BCUT2D eigenvalue weighted by atomic mass is 10.0. The van der Waals surface area contributed by atoms with Gasteiger partial charge in [-0.3, -0.25) is 4.90 Å². The van der Waals surface area contributed by atoms with Crippen molar-refractivity contribution < 1.29 is 14.7 Å². The number of carboxylic acids is 1. The van der Waals surface area contributed by atoms with Gasteiger partial charge in [-0.15, -0.1) is 0 Å². The van der Waals surface area contributed by atoms with E-state index in [2.05, 4.69) is 13.8 Å². The van der Waals surface area contributed by atoms with Crippen molar-refractivity contribution in [2.24, 2.45) is 0 Å². The first kappa shape index (κ1) is 13.9. The molecule has 0 bridgehead atoms. The minimum atomic E-state index is -0.928. The number of aromatic carboxylic acids is 1. The highest BCUT2D eigenvalue weighted by atomic mass is 16.4. The Morgan fingerprint density at radius 3 is 2.62 bits per heavy atom. The standard InChI is InChI=1S/C16H20N2O3/c1-16(2)7-3-8-18(16)15(21)17-9-6-11-10-12(14(19)20)4-5-13(11)17/h4-5,10H,3,6-9H2,1-2H3,(H,19,20). The highest BCUT2D eigenvalue weighted by Gasteiger charge is 2.39. The van der Waals surface area contributed by atoms with Crippen molar-refractivity contribution in [1.29, 1.82) is 0 Å². The minimum absolute atomic E-state index is 0.0410. The van der Waals surface area contributed by atoms with E-state index in [1.165, 1.54) is 0 Å². The quantitative estimate of drug-likeness (QED) is 0.864. The van der Waals surface area contributed by atoms with Gasteiger partial charge in [0.25, 0.3) is 0 Å². The molecule has 1 fully saturated rings. The molecule has 3 rings (SSSR count). The number of likely N-dealkylation sites (tertiary alicyclic amines) is 1. The molecule has 0 saturated carbocycles. The van der Waals surface area contributed by atoms with Gasteiger partial charge in [0, 0.05) is 24.3 Å². The first-order valence-corrected chi connectivity index (χ1v) is 7.35. The van der Waals surface area contributed by atoms with Crippen molar-refractivity contribution >= 4 is 17.7 Å². The zero-order valence-electron chi connectivity index (χ0n) is 12.4. The highest BCUT2D eigenvalue weighted by Crippen LogP contribution is 2.34. The summed E-state index contributed by atoms with van der Waals surface area (Å²) in [4.78, 5) is 27.5. The van der Waals surface area contributed by atoms with Crippen LogP contribution >= 0.6 is 0 Å². The number of fused-ring (bicyclic) bond motifs is 1. The number of benzene rings is 1. The van der Waals surface area contributed by atoms with E-state index >= 15 is 0 Å². The number of urea groups is 1. The van der Waals surface area contributed by atoms with Crippen LogP contribution < -0.4 is 4.90 Å². The fourth-order valence-corrected chi connectivity index (χ4v) is 3.34. The van der Waals surface area contributed by atoms with Gasteiger partial charge in [0.05, 0.1) is 5.56 Å². The third-order valence-electron chi connectivity index (χ3n) is 4.58. The fourth-order valence-electron chi connectivity index (χ4n) is 3.34. The molecule has 5 heteroatoms. The predicted molar refractivity (Wildman–Crippen MR) is 79.9 cm³/mol. The molecule has 1 aromatic carbocycles. The Labute approximate surface area is 124 Å². The first-order chi connectivity index (χ1) is 9.90. The Morgan fingerprint density at radius 1 is 1.24 bits per heavy atom. The van der Waals surface area contributed by atoms with Crippen LogP contribution in [0.2, 0.25) is 0 Å². The average Bonchev–Trinajstić information content (AvgIpc) is 3.00. The summed E-state index contributed by atoms with van der Waals surface area (Å²) < 4.78 is 0. The maximum absolute atomic E-state index is 12.8. The molecule has 0 aliphatic carbocycles. The molecule has 0 atom stereocenters. The van der Waals surface area contributed by atoms with Crippen molar-refractivity contribution in [1.82, 2.24) is 4.90 Å². The molecule has 2 heterocycles. The van der Waals surface area contributed by atoms with Crippen LogP contribution in [0.1, 0.15) is 42.6 Å². The van der Waals surface area contributed by atoms with Gasteiger partial charge in [-0.25, -0.2) is 9.59 Å². The Morgan fingerprint density at radius 2 is 2.00 bits per heavy atom. The predicted octanol–water partition coefficient (Wildman–Crippen LogP) is 2.74. The third kappa shape index (κ3) is 2.26. The summed E-state index contributed by atoms with van der Waals surface area (Å²) in [6.07, 6.45) is 2.78. The van der Waals surface area contributed by atoms with E-state index in [1.54, 1.807) is 23.1 Å². The lowest BCUT2D eigenvalue weighted by molar-refractivity contribution is 0.0696. The molecular formula is C16H20N2O3. The van der Waals surface area contributed by atoms with Crippen molar-refractivity contribution in [3.63, 3.8) is 0 Å². The largest absolute Gasteiger partial charge is 0.478 e. The van der Waals surface area contributed by atoms with E-state index in [9.17, 15) is 9.59 Å². The second-order valence-corrected chi connectivity index (χ2v) is 6.40. The molecule has 0 radical (unpaired) electrons. The van der Waals surface area contributed by atoms with Crippen LogP contribution in [0.3, 0.4) is 0 Å². The molecule has 2 amide bonds. The highest BCUT2D eigenvalue weighted by molar-refractivity contribution is 5.96. The van der Waals surface area contributed by atoms with Gasteiger partial charge >= 0.3 is 12.0 Å². The Balaban J connectivity index is 1.87. The Kier molecular flexibility index (Phi) is 3.15. The number of carboxylic acid groups (broad SMARTS) is 1. The summed E-state index contributed by atoms with van der Waals surface area (Å²) in [6, 6.07) is 5.05. The molecule has 5 nitrogen and oxygen atoms in total. The van der Waals surface area contributed by atoms with Crippen LogP contribution in [-0.2, 0) is 6.42 Å². The minimum Gasteiger partial charge on any atom is -0.478 e. The number of carbonyl (C=O) groups excluding carboxylic acids is 1. The molecule has 1 saturated heterocycles. The molecule has 0 spiro atoms. The first-order valence-electron chi connectivity index (χ1n) is 7.35. The number of hydrogen-bond donors (Lipinski definition) is 1. The lowest BCUT2D eigenvalue weighted by Gasteiger charge is -2.35. The van der Waals surface area contributed by atoms with E-state index in [0.717, 1.165) is 37.1 Å². The van der Waals surface area contributed by atoms with Crippen molar-refractivity contribution in [3.8, 4) is 0 Å². The van der Waals surface area contributed by atoms with Crippen molar-refractivity contribution in [2.45, 2.75) is 38.6 Å². The van der Waals surface area contributed by atoms with E-state index in [0.29, 0.717) is 6.54 Å². The maximum atomic E-state index is 12.8. The number of amides is 2. The van der Waals surface area contributed by atoms with Gasteiger partial charge in [-0.1, -0.05) is 0 Å². The van der Waals surface area contributed by atoms with Crippen LogP contribution in [0.15, 0.2) is 18.2 Å². The van der Waals surface area contributed by atoms with Crippen LogP contribution in [0.4, 0.5) is 10.5 Å². The van der Waals surface area contributed by atoms with Gasteiger partial charge < -0.3 is 10.0 Å². The zero-order chi connectivity index (χ0) is 15.2. The number of nitrogens with zero attached hydrogens (tertiary/aromatic N) is 2. The van der Waals surface area contributed by atoms with Crippen LogP contribution in [0.5, 0.6) is 0 Å². The summed E-state index contributed by atoms with van der Waals surface area (Å²) in [6.45, 7) is 5.62. The second kappa shape index (κ2) is 4.76. The van der Waals surface area contributed by atoms with Crippen molar-refractivity contribution in [3.05, 3.63) is 29.3 Å². The molecule has 21 heavy (non-hydrogen) atoms. The van der Waals surface area contributed by atoms with E-state index in [4.69, 9.17) is 5.11 Å². The zero-order valence-corrected chi connectivity index (χ0v) is 12.4. The molecule has 2 aliphatic rings. The van der Waals surface area contributed by atoms with Crippen molar-refractivity contribution in [2.75, 3.05) is 18.0 Å². The summed E-state index contributed by atoms with van der Waals surface area (Å²) in [5, 5.41) is 9.04. The van der Waals surface area contributed by atoms with Gasteiger partial charge in [0.2, 0.25) is 0 Å². The maximum Gasteiger partial charge on any atom is 0.335 e. The van der Waals surface area contributed by atoms with E-state index < -0.39 is 5.97 Å². The molecule has 0 unspecified atom stereocenters. The van der Waals surface area contributed by atoms with E-state index in [-0.39, 0.29) is 17.1 Å². The van der Waals surface area contributed by atoms with E-state index in [1.807, 2.05) is 4.90 Å². The van der Waals surface area contributed by atoms with Crippen LogP contribution in [0, 0.1) is 0 Å². The topological polar surface area (TPSA) is 60.9 Å². The average molecular weight is 288 g/mol. The summed E-state index contributed by atoms with van der Waals surface area (Å²) in [5.74, 6) is -0.928. The lowest BCUT2D eigenvalue weighted by Crippen LogP contribution is -2.49. The Bertz CT molecular complexity index is 610. The smallest absolute Gasteiger partial charge is 0.335 e. The number of rotatable bonds is 1. The summed E-state index contributed by atoms with van der Waals surface area (Å²) in [7, 11) is 0. The number of anilines is 1. The summed E-state index contributed by atoms with van der Waals surface area (Å²) in [5.41, 5.74) is 1.98. The van der Waals surface area contributed by atoms with Gasteiger partial charge in [-0.2, -0.15) is 0 Å². The van der Waals surface area contributed by atoms with Gasteiger partial charge in [-0.05, 0) is 56.9 Å². The molecule has 112 valence electrons. The Hall–Kier alpha value is -2.04. The molecule has 0 aromatic heterocycles. The monoisotopic (exact) mass is 288 g/mol.